The molecule has 0 N–H and O–H groups in total. The van der Waals surface area contributed by atoms with Gasteiger partial charge in [-0.2, -0.15) is 0 Å². The molecule has 0 unspecified atom stereocenters. The van der Waals surface area contributed by atoms with Crippen molar-refractivity contribution in [1.29, 1.82) is 0 Å². The standard InChI is InChI=1S/C32H53ClOS/c1-5-7-8-9-10-11-13-23-15-17-27-26-16-14-24-22-25(35-30(34)29(33)12-6-2)18-20-32(24,4)28(26)19-21-31(23,27)3/h14,23,25-29H,5-13,15-22H2,1-4H3/t23-,25+,26-,27-,28-,29-,31-,32+/m1/s1. The van der Waals surface area contributed by atoms with Gasteiger partial charge in [0.25, 0.3) is 0 Å². The lowest BCUT2D eigenvalue weighted by atomic mass is 9.47. The zero-order valence-corrected chi connectivity index (χ0v) is 24.8. The molecule has 35 heavy (non-hydrogen) atoms. The number of fused-ring (bicyclic) bond motifs is 5. The lowest BCUT2D eigenvalue weighted by molar-refractivity contribution is -0.110. The van der Waals surface area contributed by atoms with E-state index in [-0.39, 0.29) is 10.5 Å². The molecule has 1 nitrogen and oxygen atoms in total. The fourth-order valence-corrected chi connectivity index (χ4v) is 10.6. The van der Waals surface area contributed by atoms with Gasteiger partial charge in [-0.3, -0.25) is 4.79 Å². The molecule has 0 saturated heterocycles. The molecule has 0 heterocycles. The fourth-order valence-electron chi connectivity index (χ4n) is 9.09. The maximum Gasteiger partial charge on any atom is 0.207 e. The zero-order valence-electron chi connectivity index (χ0n) is 23.3. The summed E-state index contributed by atoms with van der Waals surface area (Å²) in [7, 11) is 0. The highest BCUT2D eigenvalue weighted by Crippen LogP contribution is 2.67. The van der Waals surface area contributed by atoms with Gasteiger partial charge in [0.2, 0.25) is 5.12 Å². The van der Waals surface area contributed by atoms with Gasteiger partial charge in [0.05, 0.1) is 0 Å². The molecule has 4 aliphatic rings. The Morgan fingerprint density at radius 1 is 1.00 bits per heavy atom. The van der Waals surface area contributed by atoms with Crippen molar-refractivity contribution in [3.63, 3.8) is 0 Å². The summed E-state index contributed by atoms with van der Waals surface area (Å²) in [5, 5.41) is 0.358. The first-order valence-electron chi connectivity index (χ1n) is 15.4. The number of rotatable bonds is 11. The van der Waals surface area contributed by atoms with Gasteiger partial charge in [-0.25, -0.2) is 0 Å². The number of carbonyl (C=O) groups excluding carboxylic acids is 1. The molecule has 3 heteroatoms. The number of carbonyl (C=O) groups is 1. The van der Waals surface area contributed by atoms with Gasteiger partial charge in [0.15, 0.2) is 0 Å². The number of halogens is 1. The normalized spacial score (nSPS) is 39.3. The highest BCUT2D eigenvalue weighted by molar-refractivity contribution is 8.14. The van der Waals surface area contributed by atoms with Crippen LogP contribution in [-0.4, -0.2) is 15.7 Å². The first-order valence-corrected chi connectivity index (χ1v) is 16.7. The smallest absolute Gasteiger partial charge is 0.207 e. The largest absolute Gasteiger partial charge is 0.286 e. The van der Waals surface area contributed by atoms with Crippen molar-refractivity contribution in [3.8, 4) is 0 Å². The number of hydrogen-bond acceptors (Lipinski definition) is 2. The predicted molar refractivity (Wildman–Crippen MR) is 154 cm³/mol. The van der Waals surface area contributed by atoms with E-state index in [0.29, 0.717) is 16.1 Å². The van der Waals surface area contributed by atoms with Crippen molar-refractivity contribution in [2.75, 3.05) is 0 Å². The van der Waals surface area contributed by atoms with Gasteiger partial charge in [-0.05, 0) is 98.7 Å². The Labute approximate surface area is 226 Å². The van der Waals surface area contributed by atoms with Crippen molar-refractivity contribution in [2.45, 2.75) is 147 Å². The minimum atomic E-state index is -0.300. The van der Waals surface area contributed by atoms with Crippen molar-refractivity contribution in [2.24, 2.45) is 34.5 Å². The van der Waals surface area contributed by atoms with Crippen LogP contribution in [0.1, 0.15) is 137 Å². The Balaban J connectivity index is 1.36. The third-order valence-corrected chi connectivity index (χ3v) is 13.0. The van der Waals surface area contributed by atoms with Crippen molar-refractivity contribution in [3.05, 3.63) is 11.6 Å². The number of hydrogen-bond donors (Lipinski definition) is 0. The van der Waals surface area contributed by atoms with Crippen molar-refractivity contribution >= 4 is 28.5 Å². The molecule has 0 spiro atoms. The molecular weight excluding hydrogens is 468 g/mol. The molecule has 8 atom stereocenters. The van der Waals surface area contributed by atoms with Crippen LogP contribution in [0.3, 0.4) is 0 Å². The third-order valence-electron chi connectivity index (χ3n) is 11.2. The summed E-state index contributed by atoms with van der Waals surface area (Å²) < 4.78 is 0. The maximum absolute atomic E-state index is 12.6. The van der Waals surface area contributed by atoms with Gasteiger partial charge >= 0.3 is 0 Å². The number of unbranched alkanes of at least 4 members (excludes halogenated alkanes) is 5. The van der Waals surface area contributed by atoms with Crippen LogP contribution in [-0.2, 0) is 4.79 Å². The highest BCUT2D eigenvalue weighted by Gasteiger charge is 2.58. The van der Waals surface area contributed by atoms with Crippen LogP contribution < -0.4 is 0 Å². The lowest BCUT2D eigenvalue weighted by Crippen LogP contribution is -2.50. The second-order valence-electron chi connectivity index (χ2n) is 13.2. The van der Waals surface area contributed by atoms with Gasteiger partial charge in [-0.1, -0.05) is 96.1 Å². The van der Waals surface area contributed by atoms with E-state index < -0.39 is 0 Å². The quantitative estimate of drug-likeness (QED) is 0.153. The second kappa shape index (κ2) is 12.3. The Kier molecular flexibility index (Phi) is 9.84. The summed E-state index contributed by atoms with van der Waals surface area (Å²) in [5.41, 5.74) is 2.67. The summed E-state index contributed by atoms with van der Waals surface area (Å²) >= 11 is 7.93. The van der Waals surface area contributed by atoms with Gasteiger partial charge < -0.3 is 0 Å². The Bertz CT molecular complexity index is 748. The van der Waals surface area contributed by atoms with Crippen LogP contribution in [0.5, 0.6) is 0 Å². The molecule has 200 valence electrons. The maximum atomic E-state index is 12.6. The number of allylic oxidation sites excluding steroid dienone is 2. The monoisotopic (exact) mass is 520 g/mol. The minimum absolute atomic E-state index is 0.215. The van der Waals surface area contributed by atoms with Crippen LogP contribution in [0.15, 0.2) is 11.6 Å². The van der Waals surface area contributed by atoms with Crippen LogP contribution in [0.2, 0.25) is 0 Å². The first kappa shape index (κ1) is 28.1. The molecule has 0 aromatic carbocycles. The summed E-state index contributed by atoms with van der Waals surface area (Å²) in [6.45, 7) is 9.72. The summed E-state index contributed by atoms with van der Waals surface area (Å²) in [5.74, 6) is 3.69. The van der Waals surface area contributed by atoms with E-state index in [4.69, 9.17) is 11.6 Å². The topological polar surface area (TPSA) is 17.1 Å². The average molecular weight is 521 g/mol. The van der Waals surface area contributed by atoms with Crippen LogP contribution in [0, 0.1) is 34.5 Å². The van der Waals surface area contributed by atoms with Crippen molar-refractivity contribution < 1.29 is 4.79 Å². The molecule has 0 aliphatic heterocycles. The minimum Gasteiger partial charge on any atom is -0.286 e. The van der Waals surface area contributed by atoms with Crippen LogP contribution in [0.25, 0.3) is 0 Å². The Hall–Kier alpha value is 0.0500. The summed E-state index contributed by atoms with van der Waals surface area (Å²) in [4.78, 5) is 12.6. The van der Waals surface area contributed by atoms with Gasteiger partial charge in [0.1, 0.15) is 5.38 Å². The molecule has 3 fully saturated rings. The van der Waals surface area contributed by atoms with E-state index in [1.807, 2.05) is 0 Å². The van der Waals surface area contributed by atoms with Gasteiger partial charge in [0, 0.05) is 5.25 Å². The van der Waals surface area contributed by atoms with E-state index in [1.165, 1.54) is 89.9 Å². The third kappa shape index (κ3) is 5.89. The van der Waals surface area contributed by atoms with Crippen molar-refractivity contribution in [1.82, 2.24) is 0 Å². The molecule has 0 aromatic rings. The summed E-state index contributed by atoms with van der Waals surface area (Å²) in [6, 6.07) is 0. The van der Waals surface area contributed by atoms with Crippen LogP contribution >= 0.6 is 23.4 Å². The zero-order chi connectivity index (χ0) is 25.1. The highest BCUT2D eigenvalue weighted by atomic mass is 35.5. The number of thioether (sulfide) groups is 1. The molecule has 4 aliphatic carbocycles. The Morgan fingerprint density at radius 2 is 1.77 bits per heavy atom. The SMILES string of the molecule is CCCCCCCC[C@@H]1CC[C@@H]2[C@H]3CC=C4C[C@@H](SC(=O)[C@H](Cl)CCC)CC[C@]4(C)[C@@H]3CC[C@]12C. The molecule has 4 rings (SSSR count). The molecule has 0 bridgehead atoms. The molecule has 3 saturated carbocycles. The lowest BCUT2D eigenvalue weighted by Gasteiger charge is -2.58. The molecule has 0 aromatic heterocycles. The Morgan fingerprint density at radius 3 is 2.54 bits per heavy atom. The van der Waals surface area contributed by atoms with E-state index in [0.717, 1.165) is 42.9 Å². The van der Waals surface area contributed by atoms with Gasteiger partial charge in [-0.15, -0.1) is 11.6 Å². The molecule has 0 amide bonds. The molecule has 0 radical (unpaired) electrons. The van der Waals surface area contributed by atoms with E-state index in [1.54, 1.807) is 17.3 Å². The first-order chi connectivity index (χ1) is 16.8. The second-order valence-corrected chi connectivity index (χ2v) is 15.0. The van der Waals surface area contributed by atoms with E-state index in [9.17, 15) is 4.79 Å². The van der Waals surface area contributed by atoms with Crippen LogP contribution in [0.4, 0.5) is 0 Å². The summed E-state index contributed by atoms with van der Waals surface area (Å²) in [6.07, 6.45) is 25.3. The van der Waals surface area contributed by atoms with E-state index in [2.05, 4.69) is 33.8 Å². The average Bonchev–Trinajstić information content (AvgIpc) is 3.18. The fraction of sp³-hybridized carbons (Fsp3) is 0.906. The molecular formula is C32H53ClOS. The number of alkyl halides is 1. The predicted octanol–water partition coefficient (Wildman–Crippen LogP) is 10.4. The van der Waals surface area contributed by atoms with E-state index >= 15 is 0 Å².